The molecule has 0 radical (unpaired) electrons. The van der Waals surface area contributed by atoms with Gasteiger partial charge in [0.15, 0.2) is 0 Å². The van der Waals surface area contributed by atoms with Crippen LogP contribution in [-0.4, -0.2) is 0 Å². The summed E-state index contributed by atoms with van der Waals surface area (Å²) in [5.74, 6) is 0. The number of allylic oxidation sites excluding steroid dienone is 12. The number of hydrogen-bond acceptors (Lipinski definition) is 0. The molecule has 0 nitrogen and oxygen atoms in total. The van der Waals surface area contributed by atoms with Crippen molar-refractivity contribution in [1.82, 2.24) is 0 Å². The van der Waals surface area contributed by atoms with Crippen LogP contribution in [0.15, 0.2) is 72.9 Å². The molecule has 0 heterocycles. The smallest absolute Gasteiger partial charge is 0.0169 e. The highest BCUT2D eigenvalue weighted by atomic mass is 14.0. The van der Waals surface area contributed by atoms with Crippen molar-refractivity contribution >= 4 is 0 Å². The molecule has 0 aromatic heterocycles. The Morgan fingerprint density at radius 1 is 0.129 bits per heavy atom. The molecule has 0 aliphatic heterocycles. The fraction of sp³-hybridized carbons (Fsp3) is 0.806. The van der Waals surface area contributed by atoms with E-state index in [-0.39, 0.29) is 44.6 Å². The van der Waals surface area contributed by atoms with Gasteiger partial charge >= 0.3 is 0 Å². The van der Waals surface area contributed by atoms with Gasteiger partial charge in [0.1, 0.15) is 0 Å². The first kappa shape index (κ1) is 72.1. The highest BCUT2D eigenvalue weighted by Gasteiger charge is 1.98. The minimum atomic E-state index is 0. The third-order valence-corrected chi connectivity index (χ3v) is 11.7. The van der Waals surface area contributed by atoms with Gasteiger partial charge in [-0.25, -0.2) is 0 Å². The Hall–Kier alpha value is -1.56. The molecule has 0 N–H and O–H groups in total. The van der Waals surface area contributed by atoms with Crippen LogP contribution in [0.5, 0.6) is 0 Å². The molecule has 0 saturated heterocycles. The molecule has 62 heavy (non-hydrogen) atoms. The van der Waals surface area contributed by atoms with Crippen molar-refractivity contribution < 1.29 is 0 Å². The predicted octanol–water partition coefficient (Wildman–Crippen LogP) is 24.3. The molecule has 0 amide bonds. The van der Waals surface area contributed by atoms with Crippen molar-refractivity contribution in [3.8, 4) is 0 Å². The Morgan fingerprint density at radius 2 is 0.290 bits per heavy atom. The second-order valence-electron chi connectivity index (χ2n) is 17.7. The Balaban J connectivity index is -0.000000140. The van der Waals surface area contributed by atoms with E-state index in [4.69, 9.17) is 0 Å². The number of hydrogen-bond donors (Lipinski definition) is 0. The van der Waals surface area contributed by atoms with Gasteiger partial charge in [0.05, 0.1) is 0 Å². The van der Waals surface area contributed by atoms with Crippen LogP contribution < -0.4 is 0 Å². The molecule has 372 valence electrons. The first-order valence-corrected chi connectivity index (χ1v) is 25.9. The van der Waals surface area contributed by atoms with Gasteiger partial charge in [-0.15, -0.1) is 0 Å². The summed E-state index contributed by atoms with van der Waals surface area (Å²) in [6.07, 6.45) is 90.0. The van der Waals surface area contributed by atoms with E-state index >= 15 is 0 Å². The maximum Gasteiger partial charge on any atom is -0.0169 e. The van der Waals surface area contributed by atoms with Crippen LogP contribution in [0.25, 0.3) is 0 Å². The van der Waals surface area contributed by atoms with Crippen LogP contribution in [0.1, 0.15) is 327 Å². The third-order valence-electron chi connectivity index (χ3n) is 11.7. The van der Waals surface area contributed by atoms with Crippen molar-refractivity contribution in [2.75, 3.05) is 0 Å². The van der Waals surface area contributed by atoms with Crippen LogP contribution in [0.2, 0.25) is 0 Å². The molecule has 0 aromatic rings. The van der Waals surface area contributed by atoms with Gasteiger partial charge in [0.25, 0.3) is 0 Å². The maximum atomic E-state index is 2.27. The van der Waals surface area contributed by atoms with Gasteiger partial charge in [-0.3, -0.25) is 0 Å². The molecular formula is C62H124. The van der Waals surface area contributed by atoms with E-state index in [0.717, 1.165) is 12.8 Å². The largest absolute Gasteiger partial charge is 0.0885 e. The summed E-state index contributed by atoms with van der Waals surface area (Å²) in [7, 11) is 0. The quantitative estimate of drug-likeness (QED) is 0.168. The Bertz CT molecular complexity index is 763. The first-order chi connectivity index (χ1) is 28.0. The van der Waals surface area contributed by atoms with E-state index in [9.17, 15) is 0 Å². The third kappa shape index (κ3) is 70.1. The van der Waals surface area contributed by atoms with E-state index in [1.165, 1.54) is 270 Å². The summed E-state index contributed by atoms with van der Waals surface area (Å²) in [6.45, 7) is 0. The van der Waals surface area contributed by atoms with Crippen molar-refractivity contribution in [2.24, 2.45) is 0 Å². The highest BCUT2D eigenvalue weighted by molar-refractivity contribution is 5.07. The standard InChI is InChI=1S/C8H16.C7H14.C6H12.C6H10.2C6H8.C5H10.C5H8.C4H8.C3H6.6CH4/c1-2-4-6-8-7-5-3-1;1-2-4-6-7-5-3-1;4*1-2-4-6-5-3-1;2*1-2-4-5-3-1;1-2-4-3-1;1-2-3-1;;;;;;/h1-8H2;1-7H2;1-6H2;1-2H,3-6H2;1-2,5-6H,3-4H2;1-4H,5-6H2;1-5H2;1-2H,3-5H2;1-4H2;1-3H2;6*1H4. The summed E-state index contributed by atoms with van der Waals surface area (Å²) < 4.78 is 0. The SMILES string of the molecule is C.C.C.C.C.C.C1=CCC=CC1.C1=CCCC1.C1=CCCC=C1.C1=CCCCC1.C1CC1.C1CCC1.C1CCCC1.C1CCCCC1.C1CCCCCC1.C1CCCCCCC1. The molecule has 10 rings (SSSR count). The van der Waals surface area contributed by atoms with Crippen LogP contribution in [-0.2, 0) is 0 Å². The molecule has 0 bridgehead atoms. The van der Waals surface area contributed by atoms with E-state index in [1.807, 2.05) is 0 Å². The van der Waals surface area contributed by atoms with Gasteiger partial charge < -0.3 is 0 Å². The average molecular weight is 870 g/mol. The summed E-state index contributed by atoms with van der Waals surface area (Å²) in [5.41, 5.74) is 0. The topological polar surface area (TPSA) is 0 Å². The zero-order valence-corrected chi connectivity index (χ0v) is 38.0. The van der Waals surface area contributed by atoms with E-state index < -0.39 is 0 Å². The van der Waals surface area contributed by atoms with Gasteiger partial charge in [0.2, 0.25) is 0 Å². The fourth-order valence-corrected chi connectivity index (χ4v) is 7.28. The lowest BCUT2D eigenvalue weighted by atomic mass is 10.0. The van der Waals surface area contributed by atoms with Crippen molar-refractivity contribution in [2.45, 2.75) is 327 Å². The van der Waals surface area contributed by atoms with Gasteiger partial charge in [-0.05, 0) is 70.6 Å². The maximum absolute atomic E-state index is 2.27. The lowest BCUT2D eigenvalue weighted by Gasteiger charge is -2.05. The second kappa shape index (κ2) is 68.5. The average Bonchev–Trinajstić information content (AvgIpc) is 3.85. The minimum Gasteiger partial charge on any atom is -0.0885 e. The molecule has 0 atom stereocenters. The van der Waals surface area contributed by atoms with Gasteiger partial charge in [0, 0.05) is 0 Å². The summed E-state index contributed by atoms with van der Waals surface area (Å²) >= 11 is 0. The molecular weight excluding hydrogens is 745 g/mol. The Morgan fingerprint density at radius 3 is 0.371 bits per heavy atom. The van der Waals surface area contributed by atoms with E-state index in [2.05, 4.69) is 72.9 Å². The van der Waals surface area contributed by atoms with E-state index in [1.54, 1.807) is 0 Å². The van der Waals surface area contributed by atoms with E-state index in [0.29, 0.717) is 0 Å². The molecule has 0 heteroatoms. The van der Waals surface area contributed by atoms with Crippen LogP contribution >= 0.6 is 0 Å². The Labute approximate surface area is 398 Å². The van der Waals surface area contributed by atoms with Crippen molar-refractivity contribution in [3.63, 3.8) is 0 Å². The normalized spacial score (nSPS) is 20.1. The fourth-order valence-electron chi connectivity index (χ4n) is 7.28. The predicted molar refractivity (Wildman–Crippen MR) is 298 cm³/mol. The zero-order chi connectivity index (χ0) is 39.6. The molecule has 10 aliphatic carbocycles. The highest BCUT2D eigenvalue weighted by Crippen LogP contribution is 2.18. The lowest BCUT2D eigenvalue weighted by Crippen LogP contribution is -1.85. The first-order valence-electron chi connectivity index (χ1n) is 25.9. The monoisotopic (exact) mass is 869 g/mol. The Kier molecular flexibility index (Phi) is 79.6. The van der Waals surface area contributed by atoms with Crippen LogP contribution in [0.3, 0.4) is 0 Å². The van der Waals surface area contributed by atoms with Crippen LogP contribution in [0, 0.1) is 0 Å². The second-order valence-corrected chi connectivity index (χ2v) is 17.7. The summed E-state index contributed by atoms with van der Waals surface area (Å²) in [5, 5.41) is 0. The van der Waals surface area contributed by atoms with Gasteiger partial charge in [-0.2, -0.15) is 0 Å². The van der Waals surface area contributed by atoms with Crippen LogP contribution in [0.4, 0.5) is 0 Å². The molecule has 10 aliphatic rings. The molecule has 0 spiro atoms. The summed E-state index contributed by atoms with van der Waals surface area (Å²) in [4.78, 5) is 0. The minimum absolute atomic E-state index is 0. The molecule has 0 aromatic carbocycles. The molecule has 6 saturated carbocycles. The van der Waals surface area contributed by atoms with Gasteiger partial charge in [-0.1, -0.05) is 329 Å². The lowest BCUT2D eigenvalue weighted by molar-refractivity contribution is 0.504. The van der Waals surface area contributed by atoms with Crippen molar-refractivity contribution in [3.05, 3.63) is 72.9 Å². The number of rotatable bonds is 0. The zero-order valence-electron chi connectivity index (χ0n) is 38.0. The molecule has 6 fully saturated rings. The van der Waals surface area contributed by atoms with Crippen molar-refractivity contribution in [1.29, 1.82) is 0 Å². The summed E-state index contributed by atoms with van der Waals surface area (Å²) in [6, 6.07) is 0. The molecule has 0 unspecified atom stereocenters.